The van der Waals surface area contributed by atoms with Gasteiger partial charge in [0.1, 0.15) is 17.2 Å². The van der Waals surface area contributed by atoms with Crippen molar-refractivity contribution in [1.29, 1.82) is 0 Å². The zero-order chi connectivity index (χ0) is 19.8. The van der Waals surface area contributed by atoms with Crippen LogP contribution >= 0.6 is 11.6 Å². The maximum absolute atomic E-state index is 13.2. The van der Waals surface area contributed by atoms with Crippen LogP contribution in [-0.4, -0.2) is 30.5 Å². The van der Waals surface area contributed by atoms with Gasteiger partial charge in [-0.1, -0.05) is 23.7 Å². The highest BCUT2D eigenvalue weighted by atomic mass is 35.5. The summed E-state index contributed by atoms with van der Waals surface area (Å²) in [7, 11) is 1.03. The Bertz CT molecular complexity index is 997. The monoisotopic (exact) mass is 402 g/mol. The summed E-state index contributed by atoms with van der Waals surface area (Å²) in [6.45, 7) is 0.184. The van der Waals surface area contributed by atoms with Crippen molar-refractivity contribution >= 4 is 23.5 Å². The third-order valence-electron chi connectivity index (χ3n) is 3.47. The molecule has 27 heavy (non-hydrogen) atoms. The number of alkyl halides is 3. The van der Waals surface area contributed by atoms with E-state index in [0.29, 0.717) is 10.2 Å². The van der Waals surface area contributed by atoms with E-state index in [9.17, 15) is 22.4 Å². The number of hydrogen-bond donors (Lipinski definition) is 1. The van der Waals surface area contributed by atoms with Gasteiger partial charge in [0.25, 0.3) is 5.91 Å². The van der Waals surface area contributed by atoms with Gasteiger partial charge in [0.15, 0.2) is 11.4 Å². The Hall–Kier alpha value is -2.95. The molecule has 2 aromatic heterocycles. The Morgan fingerprint density at radius 1 is 1.30 bits per heavy atom. The van der Waals surface area contributed by atoms with E-state index in [0.717, 1.165) is 7.05 Å². The van der Waals surface area contributed by atoms with Crippen molar-refractivity contribution in [2.75, 3.05) is 5.32 Å². The van der Waals surface area contributed by atoms with Gasteiger partial charge in [-0.15, -0.1) is 5.10 Å². The van der Waals surface area contributed by atoms with Crippen LogP contribution in [0.25, 0.3) is 0 Å². The smallest absolute Gasteiger partial charge is 0.288 e. The number of anilines is 1. The quantitative estimate of drug-likeness (QED) is 0.680. The van der Waals surface area contributed by atoms with E-state index in [1.165, 1.54) is 29.2 Å². The summed E-state index contributed by atoms with van der Waals surface area (Å²) < 4.78 is 53.8. The Morgan fingerprint density at radius 3 is 2.67 bits per heavy atom. The van der Waals surface area contributed by atoms with E-state index in [-0.39, 0.29) is 12.5 Å². The zero-order valence-corrected chi connectivity index (χ0v) is 14.4. The van der Waals surface area contributed by atoms with Gasteiger partial charge in [0.05, 0.1) is 6.54 Å². The van der Waals surface area contributed by atoms with Gasteiger partial charge in [-0.3, -0.25) is 14.8 Å². The highest BCUT2D eigenvalue weighted by molar-refractivity contribution is 6.34. The number of amides is 1. The largest absolute Gasteiger partial charge is 0.434 e. The number of nitrogens with one attached hydrogen (secondary N) is 1. The van der Waals surface area contributed by atoms with E-state index in [1.54, 1.807) is 6.07 Å². The molecule has 1 amide bonds. The Morgan fingerprint density at radius 2 is 2.04 bits per heavy atom. The fourth-order valence-electron chi connectivity index (χ4n) is 2.36. The molecular formula is C15H11ClF4N6O. The SMILES string of the molecule is Cn1nc(C(=O)Nc2ncn(Cc3cccc(F)c3)n2)c(Cl)c1C(F)(F)F. The summed E-state index contributed by atoms with van der Waals surface area (Å²) in [6, 6.07) is 5.81. The molecule has 3 rings (SSSR count). The first-order chi connectivity index (χ1) is 12.6. The van der Waals surface area contributed by atoms with Crippen molar-refractivity contribution < 1.29 is 22.4 Å². The van der Waals surface area contributed by atoms with Gasteiger partial charge >= 0.3 is 6.18 Å². The van der Waals surface area contributed by atoms with Gasteiger partial charge in [-0.25, -0.2) is 14.1 Å². The van der Waals surface area contributed by atoms with Crippen LogP contribution < -0.4 is 5.32 Å². The maximum Gasteiger partial charge on any atom is 0.434 e. The molecule has 1 N–H and O–H groups in total. The molecule has 2 heterocycles. The first-order valence-corrected chi connectivity index (χ1v) is 7.78. The van der Waals surface area contributed by atoms with E-state index in [1.807, 2.05) is 0 Å². The molecule has 12 heteroatoms. The second-order valence-electron chi connectivity index (χ2n) is 5.48. The third-order valence-corrected chi connectivity index (χ3v) is 3.83. The molecule has 142 valence electrons. The number of nitrogens with zero attached hydrogens (tertiary/aromatic N) is 5. The number of halogens is 5. The first kappa shape index (κ1) is 18.8. The summed E-state index contributed by atoms with van der Waals surface area (Å²) in [4.78, 5) is 16.0. The molecule has 0 aliphatic carbocycles. The second-order valence-corrected chi connectivity index (χ2v) is 5.86. The van der Waals surface area contributed by atoms with Crippen molar-refractivity contribution in [3.63, 3.8) is 0 Å². The van der Waals surface area contributed by atoms with Gasteiger partial charge in [0, 0.05) is 7.05 Å². The lowest BCUT2D eigenvalue weighted by atomic mass is 10.2. The van der Waals surface area contributed by atoms with Gasteiger partial charge < -0.3 is 0 Å². The minimum Gasteiger partial charge on any atom is -0.288 e. The lowest BCUT2D eigenvalue weighted by Gasteiger charge is -2.06. The number of benzene rings is 1. The van der Waals surface area contributed by atoms with Crippen LogP contribution in [0, 0.1) is 5.82 Å². The molecule has 0 fully saturated rings. The zero-order valence-electron chi connectivity index (χ0n) is 13.6. The molecule has 0 unspecified atom stereocenters. The third kappa shape index (κ3) is 4.08. The number of carbonyl (C=O) groups excluding carboxylic acids is 1. The second kappa shape index (κ2) is 6.99. The molecule has 3 aromatic rings. The van der Waals surface area contributed by atoms with Crippen LogP contribution in [-0.2, 0) is 19.8 Å². The highest BCUT2D eigenvalue weighted by Gasteiger charge is 2.40. The van der Waals surface area contributed by atoms with Crippen LogP contribution in [0.2, 0.25) is 5.02 Å². The summed E-state index contributed by atoms with van der Waals surface area (Å²) in [6.07, 6.45) is -3.48. The number of aromatic nitrogens is 5. The molecule has 0 radical (unpaired) electrons. The topological polar surface area (TPSA) is 77.6 Å². The van der Waals surface area contributed by atoms with Crippen molar-refractivity contribution in [3.8, 4) is 0 Å². The summed E-state index contributed by atoms with van der Waals surface area (Å²) >= 11 is 5.66. The van der Waals surface area contributed by atoms with Crippen molar-refractivity contribution in [3.05, 3.63) is 58.4 Å². The molecule has 0 atom stereocenters. The molecule has 0 saturated heterocycles. The van der Waals surface area contributed by atoms with Crippen LogP contribution in [0.15, 0.2) is 30.6 Å². The number of carbonyl (C=O) groups is 1. The fourth-order valence-corrected chi connectivity index (χ4v) is 2.72. The molecule has 0 saturated carbocycles. The molecule has 0 spiro atoms. The standard InChI is InChI=1S/C15H11ClF4N6O/c1-25-12(15(18,19)20)10(16)11(23-25)13(27)22-14-21-7-26(24-14)6-8-3-2-4-9(17)5-8/h2-5,7H,6H2,1H3,(H,22,24,27). The van der Waals surface area contributed by atoms with Gasteiger partial charge in [0.2, 0.25) is 5.95 Å². The molecule has 0 bridgehead atoms. The fraction of sp³-hybridized carbons (Fsp3) is 0.200. The molecule has 0 aliphatic rings. The summed E-state index contributed by atoms with van der Waals surface area (Å²) in [5, 5.41) is 8.87. The summed E-state index contributed by atoms with van der Waals surface area (Å²) in [5.74, 6) is -1.56. The lowest BCUT2D eigenvalue weighted by molar-refractivity contribution is -0.143. The normalized spacial score (nSPS) is 11.6. The van der Waals surface area contributed by atoms with E-state index in [4.69, 9.17) is 11.6 Å². The molecular weight excluding hydrogens is 392 g/mol. The molecule has 0 aliphatic heterocycles. The van der Waals surface area contributed by atoms with E-state index in [2.05, 4.69) is 20.5 Å². The summed E-state index contributed by atoms with van der Waals surface area (Å²) in [5.41, 5.74) is -1.23. The van der Waals surface area contributed by atoms with E-state index >= 15 is 0 Å². The van der Waals surface area contributed by atoms with E-state index < -0.39 is 34.3 Å². The maximum atomic E-state index is 13.2. The van der Waals surface area contributed by atoms with Crippen molar-refractivity contribution in [1.82, 2.24) is 24.5 Å². The highest BCUT2D eigenvalue weighted by Crippen LogP contribution is 2.36. The predicted molar refractivity (Wildman–Crippen MR) is 86.7 cm³/mol. The first-order valence-electron chi connectivity index (χ1n) is 7.40. The van der Waals surface area contributed by atoms with Crippen molar-refractivity contribution in [2.24, 2.45) is 7.05 Å². The average Bonchev–Trinajstić information content (AvgIpc) is 3.10. The van der Waals surface area contributed by atoms with Gasteiger partial charge in [-0.2, -0.15) is 18.3 Å². The van der Waals surface area contributed by atoms with Crippen LogP contribution in [0.3, 0.4) is 0 Å². The van der Waals surface area contributed by atoms with Crippen LogP contribution in [0.4, 0.5) is 23.5 Å². The Kier molecular flexibility index (Phi) is 4.87. The molecule has 1 aromatic carbocycles. The Labute approximate surface area is 154 Å². The lowest BCUT2D eigenvalue weighted by Crippen LogP contribution is -2.15. The van der Waals surface area contributed by atoms with Crippen molar-refractivity contribution in [2.45, 2.75) is 12.7 Å². The predicted octanol–water partition coefficient (Wildman–Crippen LogP) is 3.12. The van der Waals surface area contributed by atoms with Crippen LogP contribution in [0.5, 0.6) is 0 Å². The Balaban J connectivity index is 1.75. The molecule has 7 nitrogen and oxygen atoms in total. The number of aryl methyl sites for hydroxylation is 1. The minimum atomic E-state index is -4.76. The average molecular weight is 403 g/mol. The number of hydrogen-bond acceptors (Lipinski definition) is 4. The minimum absolute atomic E-state index is 0.160. The number of rotatable bonds is 4. The van der Waals surface area contributed by atoms with Crippen LogP contribution in [0.1, 0.15) is 21.7 Å². The van der Waals surface area contributed by atoms with Gasteiger partial charge in [-0.05, 0) is 17.7 Å².